The first kappa shape index (κ1) is 23.6. The summed E-state index contributed by atoms with van der Waals surface area (Å²) in [5.74, 6) is 0. The molecule has 0 unspecified atom stereocenters. The number of hydrogen-bond donors (Lipinski definition) is 0. The Morgan fingerprint density at radius 3 is 1.47 bits per heavy atom. The molecule has 0 spiro atoms. The monoisotopic (exact) mass is 487 g/mol. The van der Waals surface area contributed by atoms with Gasteiger partial charge in [0.25, 0.3) is 0 Å². The number of aromatic nitrogens is 1. The predicted octanol–water partition coefficient (Wildman–Crippen LogP) is 10.0. The summed E-state index contributed by atoms with van der Waals surface area (Å²) in [7, 11) is 0. The van der Waals surface area contributed by atoms with Crippen LogP contribution in [0.25, 0.3) is 55.9 Å². The molecule has 182 valence electrons. The highest BCUT2D eigenvalue weighted by molar-refractivity contribution is 5.79. The van der Waals surface area contributed by atoms with Crippen LogP contribution in [-0.2, 0) is 0 Å². The highest BCUT2D eigenvalue weighted by Gasteiger charge is 2.10. The van der Waals surface area contributed by atoms with Gasteiger partial charge in [-0.1, -0.05) is 127 Å². The second kappa shape index (κ2) is 10.3. The lowest BCUT2D eigenvalue weighted by molar-refractivity contribution is 1.32. The van der Waals surface area contributed by atoms with Crippen molar-refractivity contribution in [3.05, 3.63) is 151 Å². The summed E-state index contributed by atoms with van der Waals surface area (Å²) < 4.78 is 0. The predicted molar refractivity (Wildman–Crippen MR) is 161 cm³/mol. The Balaban J connectivity index is 1.39. The third kappa shape index (κ3) is 4.92. The van der Waals surface area contributed by atoms with Gasteiger partial charge in [-0.25, -0.2) is 4.98 Å². The second-order valence-corrected chi connectivity index (χ2v) is 9.83. The number of nitrogens with zero attached hydrogens (tertiary/aromatic N) is 1. The van der Waals surface area contributed by atoms with Crippen molar-refractivity contribution in [2.24, 2.45) is 0 Å². The van der Waals surface area contributed by atoms with E-state index in [-0.39, 0.29) is 0 Å². The van der Waals surface area contributed by atoms with Crippen LogP contribution < -0.4 is 0 Å². The largest absolute Gasteiger partial charge is 0.248 e. The molecular weight excluding hydrogens is 458 g/mol. The first-order chi connectivity index (χ1) is 18.6. The molecule has 0 atom stereocenters. The van der Waals surface area contributed by atoms with E-state index in [0.29, 0.717) is 0 Å². The maximum absolute atomic E-state index is 5.08. The molecule has 1 heteroatoms. The number of benzene rings is 5. The fourth-order valence-corrected chi connectivity index (χ4v) is 4.91. The van der Waals surface area contributed by atoms with Gasteiger partial charge in [0, 0.05) is 11.1 Å². The van der Waals surface area contributed by atoms with Crippen LogP contribution in [0.4, 0.5) is 0 Å². The standard InChI is InChI=1S/C37H29N/c1-26-13-16-29(17-14-26)33-18-15-27(2)35(23-33)30-19-21-32(22-20-30)37-25-34(28-9-5-3-6-10-28)24-36(38-37)31-11-7-4-8-12-31/h3-25H,1-2H3. The molecule has 0 amide bonds. The van der Waals surface area contributed by atoms with Crippen LogP contribution in [0.1, 0.15) is 11.1 Å². The number of rotatable bonds is 5. The zero-order chi connectivity index (χ0) is 25.9. The third-order valence-electron chi connectivity index (χ3n) is 7.12. The molecule has 0 aliphatic carbocycles. The van der Waals surface area contributed by atoms with Crippen LogP contribution in [0.3, 0.4) is 0 Å². The van der Waals surface area contributed by atoms with Gasteiger partial charge in [-0.3, -0.25) is 0 Å². The van der Waals surface area contributed by atoms with Gasteiger partial charge in [0.15, 0.2) is 0 Å². The molecule has 0 saturated heterocycles. The molecule has 0 radical (unpaired) electrons. The molecule has 1 aromatic heterocycles. The van der Waals surface area contributed by atoms with E-state index >= 15 is 0 Å². The van der Waals surface area contributed by atoms with Gasteiger partial charge in [0.1, 0.15) is 0 Å². The van der Waals surface area contributed by atoms with Crippen molar-refractivity contribution < 1.29 is 0 Å². The van der Waals surface area contributed by atoms with E-state index in [1.165, 1.54) is 44.5 Å². The molecule has 1 heterocycles. The lowest BCUT2D eigenvalue weighted by Gasteiger charge is -2.12. The van der Waals surface area contributed by atoms with Crippen molar-refractivity contribution in [2.45, 2.75) is 13.8 Å². The van der Waals surface area contributed by atoms with Crippen LogP contribution in [0.15, 0.2) is 140 Å². The minimum atomic E-state index is 0.974. The zero-order valence-electron chi connectivity index (χ0n) is 21.7. The number of pyridine rings is 1. The van der Waals surface area contributed by atoms with Crippen LogP contribution in [0, 0.1) is 13.8 Å². The number of hydrogen-bond acceptors (Lipinski definition) is 1. The summed E-state index contributed by atoms with van der Waals surface area (Å²) in [6.45, 7) is 4.30. The third-order valence-corrected chi connectivity index (χ3v) is 7.12. The molecule has 1 nitrogen and oxygen atoms in total. The van der Waals surface area contributed by atoms with Crippen LogP contribution in [0.5, 0.6) is 0 Å². The average molecular weight is 488 g/mol. The highest BCUT2D eigenvalue weighted by Crippen LogP contribution is 2.33. The fraction of sp³-hybridized carbons (Fsp3) is 0.0541. The van der Waals surface area contributed by atoms with Crippen molar-refractivity contribution in [1.29, 1.82) is 0 Å². The molecule has 0 aliphatic rings. The topological polar surface area (TPSA) is 12.9 Å². The summed E-state index contributed by atoms with van der Waals surface area (Å²) in [4.78, 5) is 5.08. The van der Waals surface area contributed by atoms with E-state index in [4.69, 9.17) is 4.98 Å². The minimum absolute atomic E-state index is 0.974. The summed E-state index contributed by atoms with van der Waals surface area (Å²) in [5.41, 5.74) is 14.0. The second-order valence-electron chi connectivity index (χ2n) is 9.83. The zero-order valence-corrected chi connectivity index (χ0v) is 21.7. The average Bonchev–Trinajstić information content (AvgIpc) is 2.99. The van der Waals surface area contributed by atoms with Crippen LogP contribution in [-0.4, -0.2) is 4.98 Å². The molecule has 0 N–H and O–H groups in total. The molecule has 6 aromatic rings. The van der Waals surface area contributed by atoms with Gasteiger partial charge in [-0.05, 0) is 71.0 Å². The Morgan fingerprint density at radius 2 is 0.842 bits per heavy atom. The Kier molecular flexibility index (Phi) is 6.42. The van der Waals surface area contributed by atoms with Crippen molar-refractivity contribution in [3.8, 4) is 55.9 Å². The van der Waals surface area contributed by atoms with E-state index in [9.17, 15) is 0 Å². The first-order valence-electron chi connectivity index (χ1n) is 13.1. The lowest BCUT2D eigenvalue weighted by atomic mass is 9.94. The van der Waals surface area contributed by atoms with E-state index in [1.807, 2.05) is 6.07 Å². The summed E-state index contributed by atoms with van der Waals surface area (Å²) in [6, 6.07) is 49.6. The van der Waals surface area contributed by atoms with Crippen LogP contribution >= 0.6 is 0 Å². The Morgan fingerprint density at radius 1 is 0.368 bits per heavy atom. The first-order valence-corrected chi connectivity index (χ1v) is 13.1. The fourth-order valence-electron chi connectivity index (χ4n) is 4.91. The smallest absolute Gasteiger partial charge is 0.0715 e. The summed E-state index contributed by atoms with van der Waals surface area (Å²) >= 11 is 0. The molecule has 38 heavy (non-hydrogen) atoms. The van der Waals surface area contributed by atoms with E-state index in [2.05, 4.69) is 147 Å². The van der Waals surface area contributed by atoms with Gasteiger partial charge in [-0.2, -0.15) is 0 Å². The molecule has 0 fully saturated rings. The van der Waals surface area contributed by atoms with Gasteiger partial charge in [0.05, 0.1) is 11.4 Å². The van der Waals surface area contributed by atoms with Gasteiger partial charge in [-0.15, -0.1) is 0 Å². The highest BCUT2D eigenvalue weighted by atomic mass is 14.7. The minimum Gasteiger partial charge on any atom is -0.248 e. The van der Waals surface area contributed by atoms with Gasteiger partial charge < -0.3 is 0 Å². The van der Waals surface area contributed by atoms with Crippen LogP contribution in [0.2, 0.25) is 0 Å². The summed E-state index contributed by atoms with van der Waals surface area (Å²) in [6.07, 6.45) is 0. The maximum Gasteiger partial charge on any atom is 0.0715 e. The van der Waals surface area contributed by atoms with Gasteiger partial charge >= 0.3 is 0 Å². The van der Waals surface area contributed by atoms with Crippen molar-refractivity contribution >= 4 is 0 Å². The Bertz CT molecular complexity index is 1620. The van der Waals surface area contributed by atoms with Crippen molar-refractivity contribution in [1.82, 2.24) is 4.98 Å². The number of aryl methyl sites for hydroxylation is 2. The van der Waals surface area contributed by atoms with E-state index in [0.717, 1.165) is 22.5 Å². The molecule has 0 saturated carbocycles. The lowest BCUT2D eigenvalue weighted by Crippen LogP contribution is -1.91. The molecular formula is C37H29N. The van der Waals surface area contributed by atoms with E-state index in [1.54, 1.807) is 0 Å². The van der Waals surface area contributed by atoms with Crippen molar-refractivity contribution in [2.75, 3.05) is 0 Å². The van der Waals surface area contributed by atoms with Crippen molar-refractivity contribution in [3.63, 3.8) is 0 Å². The van der Waals surface area contributed by atoms with E-state index < -0.39 is 0 Å². The SMILES string of the molecule is Cc1ccc(-c2ccc(C)c(-c3ccc(-c4cc(-c5ccccc5)cc(-c5ccccc5)n4)cc3)c2)cc1. The molecule has 5 aromatic carbocycles. The molecule has 0 bridgehead atoms. The summed E-state index contributed by atoms with van der Waals surface area (Å²) in [5, 5.41) is 0. The molecule has 6 rings (SSSR count). The maximum atomic E-state index is 5.08. The quantitative estimate of drug-likeness (QED) is 0.236. The normalized spacial score (nSPS) is 10.9. The van der Waals surface area contributed by atoms with Gasteiger partial charge in [0.2, 0.25) is 0 Å². The Hall–Kier alpha value is -4.75. The molecule has 0 aliphatic heterocycles. The Labute approximate surface area is 225 Å².